The van der Waals surface area contributed by atoms with E-state index in [1.54, 1.807) is 24.3 Å². The van der Waals surface area contributed by atoms with Crippen LogP contribution in [0.2, 0.25) is 0 Å². The Morgan fingerprint density at radius 1 is 0.828 bits per heavy atom. The van der Waals surface area contributed by atoms with Gasteiger partial charge in [0.05, 0.1) is 16.1 Å². The van der Waals surface area contributed by atoms with Gasteiger partial charge in [-0.3, -0.25) is 4.72 Å². The number of H-pyrrole nitrogens is 1. The molecule has 0 aliphatic heterocycles. The highest BCUT2D eigenvalue weighted by Gasteiger charge is 2.31. The van der Waals surface area contributed by atoms with Crippen LogP contribution in [0, 0.1) is 0 Å². The van der Waals surface area contributed by atoms with E-state index in [2.05, 4.69) is 9.71 Å². The average molecular weight is 416 g/mol. The summed E-state index contributed by atoms with van der Waals surface area (Å²) in [4.78, 5) is 2.76. The quantitative estimate of drug-likeness (QED) is 0.451. The van der Waals surface area contributed by atoms with Crippen molar-refractivity contribution in [1.82, 2.24) is 4.98 Å². The van der Waals surface area contributed by atoms with Gasteiger partial charge in [0.2, 0.25) is 0 Å². The number of benzene rings is 3. The highest BCUT2D eigenvalue weighted by molar-refractivity contribution is 7.92. The number of sulfonamides is 1. The lowest BCUT2D eigenvalue weighted by Gasteiger charge is -2.13. The van der Waals surface area contributed by atoms with Crippen LogP contribution in [0.1, 0.15) is 5.56 Å². The molecule has 8 heteroatoms. The van der Waals surface area contributed by atoms with E-state index in [-0.39, 0.29) is 5.69 Å². The molecule has 0 unspecified atom stereocenters. The molecule has 0 amide bonds. The maximum atomic E-state index is 13.0. The van der Waals surface area contributed by atoms with Crippen molar-refractivity contribution in [3.8, 4) is 11.3 Å². The van der Waals surface area contributed by atoms with Crippen LogP contribution < -0.4 is 4.72 Å². The summed E-state index contributed by atoms with van der Waals surface area (Å²) >= 11 is 0. The van der Waals surface area contributed by atoms with Crippen LogP contribution in [-0.4, -0.2) is 13.4 Å². The number of alkyl halides is 3. The number of halogens is 3. The molecule has 29 heavy (non-hydrogen) atoms. The van der Waals surface area contributed by atoms with Gasteiger partial charge in [0.25, 0.3) is 10.0 Å². The Morgan fingerprint density at radius 2 is 1.55 bits per heavy atom. The van der Waals surface area contributed by atoms with Gasteiger partial charge in [-0.15, -0.1) is 0 Å². The fourth-order valence-corrected chi connectivity index (χ4v) is 4.19. The highest BCUT2D eigenvalue weighted by Crippen LogP contribution is 2.33. The Labute approximate surface area is 165 Å². The van der Waals surface area contributed by atoms with E-state index in [1.165, 1.54) is 0 Å². The molecule has 3 aromatic carbocycles. The Kier molecular flexibility index (Phi) is 4.58. The molecule has 0 atom stereocenters. The topological polar surface area (TPSA) is 62.0 Å². The predicted octanol–water partition coefficient (Wildman–Crippen LogP) is 5.65. The number of aromatic amines is 1. The molecule has 0 saturated carbocycles. The lowest BCUT2D eigenvalue weighted by Crippen LogP contribution is -2.15. The molecule has 0 radical (unpaired) electrons. The van der Waals surface area contributed by atoms with Crippen molar-refractivity contribution >= 4 is 26.6 Å². The zero-order chi connectivity index (χ0) is 20.6. The number of fused-ring (bicyclic) bond motifs is 1. The lowest BCUT2D eigenvalue weighted by molar-refractivity contribution is -0.137. The van der Waals surface area contributed by atoms with Gasteiger partial charge in [0.1, 0.15) is 0 Å². The molecule has 0 aliphatic rings. The number of anilines is 1. The molecule has 0 bridgehead atoms. The first-order valence-electron chi connectivity index (χ1n) is 8.61. The monoisotopic (exact) mass is 416 g/mol. The van der Waals surface area contributed by atoms with Crippen LogP contribution in [0.25, 0.3) is 22.2 Å². The molecular weight excluding hydrogens is 401 g/mol. The van der Waals surface area contributed by atoms with E-state index in [0.717, 1.165) is 29.1 Å². The molecule has 1 aromatic heterocycles. The molecule has 0 aliphatic carbocycles. The minimum Gasteiger partial charge on any atom is -0.354 e. The summed E-state index contributed by atoms with van der Waals surface area (Å²) in [6, 6.07) is 19.8. The van der Waals surface area contributed by atoms with E-state index in [4.69, 9.17) is 0 Å². The lowest BCUT2D eigenvalue weighted by atomic mass is 10.1. The van der Waals surface area contributed by atoms with Gasteiger partial charge in [-0.25, -0.2) is 8.42 Å². The summed E-state index contributed by atoms with van der Waals surface area (Å²) < 4.78 is 66.8. The van der Waals surface area contributed by atoms with Crippen LogP contribution in [0.5, 0.6) is 0 Å². The van der Waals surface area contributed by atoms with Gasteiger partial charge in [-0.1, -0.05) is 42.5 Å². The molecular formula is C21H15F3N2O2S. The van der Waals surface area contributed by atoms with E-state index < -0.39 is 26.7 Å². The SMILES string of the molecule is O=S(=O)(Nc1ccccc1-c1cc2ccccc2[nH]1)c1cccc(C(F)(F)F)c1. The van der Waals surface area contributed by atoms with Gasteiger partial charge >= 0.3 is 6.18 Å². The van der Waals surface area contributed by atoms with E-state index in [1.807, 2.05) is 30.3 Å². The minimum atomic E-state index is -4.63. The Hall–Kier alpha value is -3.26. The van der Waals surface area contributed by atoms with Crippen molar-refractivity contribution in [2.45, 2.75) is 11.1 Å². The van der Waals surface area contributed by atoms with E-state index in [9.17, 15) is 21.6 Å². The second-order valence-corrected chi connectivity index (χ2v) is 8.13. The molecule has 0 fully saturated rings. The van der Waals surface area contributed by atoms with Crippen LogP contribution >= 0.6 is 0 Å². The number of hydrogen-bond acceptors (Lipinski definition) is 2. The summed E-state index contributed by atoms with van der Waals surface area (Å²) in [5.41, 5.74) is 1.39. The zero-order valence-corrected chi connectivity index (χ0v) is 15.7. The molecule has 0 saturated heterocycles. The molecule has 4 aromatic rings. The summed E-state index contributed by atoms with van der Waals surface area (Å²) in [5.74, 6) is 0. The van der Waals surface area contributed by atoms with Crippen LogP contribution in [0.3, 0.4) is 0 Å². The number of para-hydroxylation sites is 2. The van der Waals surface area contributed by atoms with Crippen molar-refractivity contribution in [3.63, 3.8) is 0 Å². The highest BCUT2D eigenvalue weighted by atomic mass is 32.2. The van der Waals surface area contributed by atoms with Crippen molar-refractivity contribution in [2.75, 3.05) is 4.72 Å². The van der Waals surface area contributed by atoms with Gasteiger partial charge in [0, 0.05) is 22.2 Å². The third-order valence-corrected chi connectivity index (χ3v) is 5.83. The molecule has 1 heterocycles. The second kappa shape index (κ2) is 6.97. The smallest absolute Gasteiger partial charge is 0.354 e. The van der Waals surface area contributed by atoms with Crippen LogP contribution in [-0.2, 0) is 16.2 Å². The minimum absolute atomic E-state index is 0.261. The molecule has 148 valence electrons. The second-order valence-electron chi connectivity index (χ2n) is 6.45. The van der Waals surface area contributed by atoms with Gasteiger partial charge in [-0.2, -0.15) is 13.2 Å². The van der Waals surface area contributed by atoms with Crippen molar-refractivity contribution in [1.29, 1.82) is 0 Å². The van der Waals surface area contributed by atoms with Gasteiger partial charge in [0.15, 0.2) is 0 Å². The van der Waals surface area contributed by atoms with E-state index in [0.29, 0.717) is 17.3 Å². The third-order valence-electron chi connectivity index (χ3n) is 4.46. The number of aromatic nitrogens is 1. The van der Waals surface area contributed by atoms with Crippen molar-refractivity contribution in [2.24, 2.45) is 0 Å². The maximum Gasteiger partial charge on any atom is 0.416 e. The van der Waals surface area contributed by atoms with Crippen molar-refractivity contribution in [3.05, 3.63) is 84.4 Å². The molecule has 4 rings (SSSR count). The number of nitrogens with one attached hydrogen (secondary N) is 2. The zero-order valence-electron chi connectivity index (χ0n) is 14.9. The Balaban J connectivity index is 1.73. The Bertz CT molecular complexity index is 1260. The third kappa shape index (κ3) is 3.84. The molecule has 0 spiro atoms. The fraction of sp³-hybridized carbons (Fsp3) is 0.0476. The first-order valence-corrected chi connectivity index (χ1v) is 10.1. The summed E-state index contributed by atoms with van der Waals surface area (Å²) in [6.45, 7) is 0. The normalized spacial score (nSPS) is 12.2. The van der Waals surface area contributed by atoms with Gasteiger partial charge in [-0.05, 0) is 36.4 Å². The van der Waals surface area contributed by atoms with Crippen LogP contribution in [0.4, 0.5) is 18.9 Å². The standard InChI is InChI=1S/C21H15F3N2O2S/c22-21(23,24)15-7-5-8-16(13-15)29(27,28)26-19-11-4-2-9-17(19)20-12-14-6-1-3-10-18(14)25-20/h1-13,25-26H. The van der Waals surface area contributed by atoms with Crippen molar-refractivity contribution < 1.29 is 21.6 Å². The summed E-state index contributed by atoms with van der Waals surface area (Å²) in [6.07, 6.45) is -4.63. The van der Waals surface area contributed by atoms with E-state index >= 15 is 0 Å². The number of rotatable bonds is 4. The fourth-order valence-electron chi connectivity index (χ4n) is 3.07. The summed E-state index contributed by atoms with van der Waals surface area (Å²) in [7, 11) is -4.22. The van der Waals surface area contributed by atoms with Gasteiger partial charge < -0.3 is 4.98 Å². The average Bonchev–Trinajstić information content (AvgIpc) is 3.11. The Morgan fingerprint density at radius 3 is 2.31 bits per heavy atom. The largest absolute Gasteiger partial charge is 0.416 e. The maximum absolute atomic E-state index is 13.0. The number of hydrogen-bond donors (Lipinski definition) is 2. The molecule has 2 N–H and O–H groups in total. The molecule has 4 nitrogen and oxygen atoms in total. The summed E-state index contributed by atoms with van der Waals surface area (Å²) in [5, 5.41) is 0.957. The first-order chi connectivity index (χ1) is 13.7. The first kappa shape index (κ1) is 19.1. The predicted molar refractivity (Wildman–Crippen MR) is 106 cm³/mol. The van der Waals surface area contributed by atoms with Crippen LogP contribution in [0.15, 0.2) is 83.8 Å².